The zero-order valence-electron chi connectivity index (χ0n) is 8.66. The summed E-state index contributed by atoms with van der Waals surface area (Å²) >= 11 is 0. The average molecular weight is 218 g/mol. The van der Waals surface area contributed by atoms with Crippen LogP contribution in [0.2, 0.25) is 0 Å². The molecule has 0 spiro atoms. The number of rotatable bonds is 3. The van der Waals surface area contributed by atoms with Gasteiger partial charge in [-0.3, -0.25) is 10.1 Å². The van der Waals surface area contributed by atoms with Gasteiger partial charge in [0.15, 0.2) is 0 Å². The van der Waals surface area contributed by atoms with Crippen LogP contribution < -0.4 is 4.74 Å². The molecular weight excluding hydrogens is 208 g/mol. The van der Waals surface area contributed by atoms with E-state index in [0.717, 1.165) is 0 Å². The molecule has 5 heteroatoms. The predicted molar refractivity (Wildman–Crippen MR) is 59.0 cm³/mol. The lowest BCUT2D eigenvalue weighted by atomic mass is 10.2. The lowest BCUT2D eigenvalue weighted by Gasteiger charge is -2.06. The summed E-state index contributed by atoms with van der Waals surface area (Å²) in [5, 5.41) is 10.9. The van der Waals surface area contributed by atoms with Gasteiger partial charge in [0.2, 0.25) is 0 Å². The second-order valence-corrected chi connectivity index (χ2v) is 3.20. The maximum atomic E-state index is 10.9. The minimum Gasteiger partial charge on any atom is -0.497 e. The second kappa shape index (κ2) is 4.06. The molecule has 2 aromatic rings. The van der Waals surface area contributed by atoms with E-state index in [1.165, 1.54) is 13.2 Å². The topological polar surface area (TPSA) is 57.3 Å². The van der Waals surface area contributed by atoms with Crippen molar-refractivity contribution in [2.24, 2.45) is 0 Å². The molecule has 0 amide bonds. The summed E-state index contributed by atoms with van der Waals surface area (Å²) < 4.78 is 6.73. The molecule has 0 saturated carbocycles. The van der Waals surface area contributed by atoms with E-state index in [4.69, 9.17) is 4.74 Å². The standard InChI is InChI=1S/C11H10N2O3/c1-16-9-4-5-10(13(14)15)11(8-9)12-6-2-3-7-12/h2-8H,1H3. The largest absolute Gasteiger partial charge is 0.497 e. The average Bonchev–Trinajstić information content (AvgIpc) is 2.81. The number of benzene rings is 1. The van der Waals surface area contributed by atoms with Crippen molar-refractivity contribution in [3.05, 3.63) is 52.8 Å². The van der Waals surface area contributed by atoms with Gasteiger partial charge in [0.1, 0.15) is 11.4 Å². The number of nitrogens with zero attached hydrogens (tertiary/aromatic N) is 2. The quantitative estimate of drug-likeness (QED) is 0.587. The number of ether oxygens (including phenoxy) is 1. The molecule has 0 bridgehead atoms. The molecule has 0 radical (unpaired) electrons. The van der Waals surface area contributed by atoms with Crippen LogP contribution in [0.15, 0.2) is 42.7 Å². The van der Waals surface area contributed by atoms with Gasteiger partial charge >= 0.3 is 0 Å². The third-order valence-electron chi connectivity index (χ3n) is 2.26. The van der Waals surface area contributed by atoms with Crippen LogP contribution in [0, 0.1) is 10.1 Å². The first-order valence-corrected chi connectivity index (χ1v) is 4.68. The van der Waals surface area contributed by atoms with Crippen molar-refractivity contribution in [1.82, 2.24) is 4.57 Å². The van der Waals surface area contributed by atoms with Crippen molar-refractivity contribution in [3.8, 4) is 11.4 Å². The highest BCUT2D eigenvalue weighted by Crippen LogP contribution is 2.27. The fourth-order valence-electron chi connectivity index (χ4n) is 1.49. The van der Waals surface area contributed by atoms with Crippen molar-refractivity contribution in [3.63, 3.8) is 0 Å². The monoisotopic (exact) mass is 218 g/mol. The van der Waals surface area contributed by atoms with Crippen LogP contribution in [0.25, 0.3) is 5.69 Å². The van der Waals surface area contributed by atoms with Gasteiger partial charge in [0, 0.05) is 24.5 Å². The third kappa shape index (κ3) is 1.75. The van der Waals surface area contributed by atoms with E-state index in [1.54, 1.807) is 29.1 Å². The van der Waals surface area contributed by atoms with E-state index >= 15 is 0 Å². The molecule has 0 aliphatic heterocycles. The van der Waals surface area contributed by atoms with Crippen LogP contribution >= 0.6 is 0 Å². The van der Waals surface area contributed by atoms with E-state index in [1.807, 2.05) is 12.1 Å². The third-order valence-corrected chi connectivity index (χ3v) is 2.26. The number of hydrogen-bond acceptors (Lipinski definition) is 3. The lowest BCUT2D eigenvalue weighted by Crippen LogP contribution is -1.98. The highest BCUT2D eigenvalue weighted by molar-refractivity contribution is 5.56. The normalized spacial score (nSPS) is 10.1. The van der Waals surface area contributed by atoms with Crippen molar-refractivity contribution < 1.29 is 9.66 Å². The minimum atomic E-state index is -0.408. The number of nitro benzene ring substituents is 1. The van der Waals surface area contributed by atoms with Crippen LogP contribution in [0.1, 0.15) is 0 Å². The number of methoxy groups -OCH3 is 1. The maximum absolute atomic E-state index is 10.9. The van der Waals surface area contributed by atoms with Crippen molar-refractivity contribution in [2.75, 3.05) is 7.11 Å². The summed E-state index contributed by atoms with van der Waals surface area (Å²) in [7, 11) is 1.53. The van der Waals surface area contributed by atoms with Crippen LogP contribution in [-0.4, -0.2) is 16.6 Å². The number of hydrogen-bond donors (Lipinski definition) is 0. The van der Waals surface area contributed by atoms with Gasteiger partial charge in [-0.2, -0.15) is 0 Å². The smallest absolute Gasteiger partial charge is 0.293 e. The zero-order chi connectivity index (χ0) is 11.5. The summed E-state index contributed by atoms with van der Waals surface area (Å²) in [6, 6.07) is 8.27. The van der Waals surface area contributed by atoms with E-state index < -0.39 is 4.92 Å². The molecule has 82 valence electrons. The number of nitro groups is 1. The molecular formula is C11H10N2O3. The second-order valence-electron chi connectivity index (χ2n) is 3.20. The van der Waals surface area contributed by atoms with Gasteiger partial charge in [0.25, 0.3) is 5.69 Å². The summed E-state index contributed by atoms with van der Waals surface area (Å²) in [4.78, 5) is 10.5. The van der Waals surface area contributed by atoms with Crippen LogP contribution in [-0.2, 0) is 0 Å². The Balaban J connectivity index is 2.59. The molecule has 0 aliphatic carbocycles. The highest BCUT2D eigenvalue weighted by Gasteiger charge is 2.15. The number of aromatic nitrogens is 1. The Morgan fingerprint density at radius 3 is 2.56 bits per heavy atom. The van der Waals surface area contributed by atoms with Crippen molar-refractivity contribution in [1.29, 1.82) is 0 Å². The first kappa shape index (κ1) is 10.2. The summed E-state index contributed by atoms with van der Waals surface area (Å²) in [6.07, 6.45) is 3.50. The molecule has 0 atom stereocenters. The van der Waals surface area contributed by atoms with Gasteiger partial charge in [-0.05, 0) is 18.2 Å². The summed E-state index contributed by atoms with van der Waals surface area (Å²) in [6.45, 7) is 0. The predicted octanol–water partition coefficient (Wildman–Crippen LogP) is 2.39. The molecule has 0 unspecified atom stereocenters. The lowest BCUT2D eigenvalue weighted by molar-refractivity contribution is -0.384. The van der Waals surface area contributed by atoms with Crippen LogP contribution in [0.4, 0.5) is 5.69 Å². The molecule has 0 fully saturated rings. The fourth-order valence-corrected chi connectivity index (χ4v) is 1.49. The summed E-state index contributed by atoms with van der Waals surface area (Å²) in [5.74, 6) is 0.592. The van der Waals surface area contributed by atoms with E-state index in [2.05, 4.69) is 0 Å². The van der Waals surface area contributed by atoms with Gasteiger partial charge in [-0.1, -0.05) is 0 Å². The Morgan fingerprint density at radius 1 is 1.31 bits per heavy atom. The first-order valence-electron chi connectivity index (χ1n) is 4.68. The Labute approximate surface area is 92.0 Å². The molecule has 1 aromatic carbocycles. The minimum absolute atomic E-state index is 0.0528. The Hall–Kier alpha value is -2.30. The molecule has 0 saturated heterocycles. The van der Waals surface area contributed by atoms with Crippen molar-refractivity contribution >= 4 is 5.69 Å². The van der Waals surface area contributed by atoms with Gasteiger partial charge in [0.05, 0.1) is 12.0 Å². The SMILES string of the molecule is COc1ccc([N+](=O)[O-])c(-n2cccc2)c1. The Morgan fingerprint density at radius 2 is 2.00 bits per heavy atom. The van der Waals surface area contributed by atoms with Crippen LogP contribution in [0.5, 0.6) is 5.75 Å². The Kier molecular flexibility index (Phi) is 2.59. The molecule has 1 heterocycles. The molecule has 0 aliphatic rings. The van der Waals surface area contributed by atoms with Gasteiger partial charge in [-0.15, -0.1) is 0 Å². The van der Waals surface area contributed by atoms with E-state index in [-0.39, 0.29) is 5.69 Å². The van der Waals surface area contributed by atoms with Gasteiger partial charge < -0.3 is 9.30 Å². The van der Waals surface area contributed by atoms with Gasteiger partial charge in [-0.25, -0.2) is 0 Å². The zero-order valence-corrected chi connectivity index (χ0v) is 8.66. The van der Waals surface area contributed by atoms with E-state index in [0.29, 0.717) is 11.4 Å². The van der Waals surface area contributed by atoms with Crippen molar-refractivity contribution in [2.45, 2.75) is 0 Å². The molecule has 16 heavy (non-hydrogen) atoms. The Bertz CT molecular complexity index is 506. The molecule has 2 rings (SSSR count). The fraction of sp³-hybridized carbons (Fsp3) is 0.0909. The molecule has 1 aromatic heterocycles. The first-order chi connectivity index (χ1) is 7.72. The maximum Gasteiger partial charge on any atom is 0.293 e. The van der Waals surface area contributed by atoms with E-state index in [9.17, 15) is 10.1 Å². The summed E-state index contributed by atoms with van der Waals surface area (Å²) in [5.41, 5.74) is 0.548. The highest BCUT2D eigenvalue weighted by atomic mass is 16.6. The molecule has 5 nitrogen and oxygen atoms in total. The molecule has 0 N–H and O–H groups in total. The van der Waals surface area contributed by atoms with Crippen LogP contribution in [0.3, 0.4) is 0 Å².